The van der Waals surface area contributed by atoms with Gasteiger partial charge in [-0.2, -0.15) is 0 Å². The number of ether oxygens (including phenoxy) is 1. The molecule has 0 spiro atoms. The zero-order chi connectivity index (χ0) is 15.5. The first-order valence-electron chi connectivity index (χ1n) is 7.10. The van der Waals surface area contributed by atoms with Crippen molar-refractivity contribution in [1.82, 2.24) is 4.98 Å². The van der Waals surface area contributed by atoms with Gasteiger partial charge in [-0.15, -0.1) is 0 Å². The summed E-state index contributed by atoms with van der Waals surface area (Å²) in [7, 11) is 0. The van der Waals surface area contributed by atoms with Crippen molar-refractivity contribution in [2.24, 2.45) is 0 Å². The Morgan fingerprint density at radius 1 is 1.14 bits per heavy atom. The fourth-order valence-electron chi connectivity index (χ4n) is 2.57. The Bertz CT molecular complexity index is 660. The zero-order valence-corrected chi connectivity index (χ0v) is 12.6. The molecule has 1 saturated heterocycles. The van der Waals surface area contributed by atoms with Crippen molar-refractivity contribution in [2.45, 2.75) is 18.9 Å². The van der Waals surface area contributed by atoms with Gasteiger partial charge in [0.2, 0.25) is 0 Å². The van der Waals surface area contributed by atoms with Crippen LogP contribution in [0.1, 0.15) is 12.8 Å². The minimum atomic E-state index is -0.664. The van der Waals surface area contributed by atoms with E-state index in [1.807, 2.05) is 12.1 Å². The summed E-state index contributed by atoms with van der Waals surface area (Å²) in [5.41, 5.74) is 1.02. The lowest BCUT2D eigenvalue weighted by Gasteiger charge is -2.33. The summed E-state index contributed by atoms with van der Waals surface area (Å²) in [6, 6.07) is 7.10. The summed E-state index contributed by atoms with van der Waals surface area (Å²) >= 11 is 5.90. The highest BCUT2D eigenvalue weighted by atomic mass is 35.5. The highest BCUT2D eigenvalue weighted by Crippen LogP contribution is 2.26. The average molecular weight is 325 g/mol. The zero-order valence-electron chi connectivity index (χ0n) is 11.8. The van der Waals surface area contributed by atoms with Gasteiger partial charge in [-0.25, -0.2) is 13.8 Å². The van der Waals surface area contributed by atoms with Gasteiger partial charge in [0, 0.05) is 43.9 Å². The number of hydrogen-bond acceptors (Lipinski definition) is 3. The Morgan fingerprint density at radius 2 is 1.91 bits per heavy atom. The summed E-state index contributed by atoms with van der Waals surface area (Å²) < 4.78 is 32.1. The molecule has 0 unspecified atom stereocenters. The number of halogens is 3. The van der Waals surface area contributed by atoms with Crippen molar-refractivity contribution in [2.75, 3.05) is 18.0 Å². The van der Waals surface area contributed by atoms with Gasteiger partial charge in [-0.1, -0.05) is 11.6 Å². The molecule has 0 amide bonds. The Hall–Kier alpha value is -1.88. The van der Waals surface area contributed by atoms with Crippen LogP contribution in [0.3, 0.4) is 0 Å². The van der Waals surface area contributed by atoms with Gasteiger partial charge >= 0.3 is 0 Å². The molecule has 1 fully saturated rings. The molecule has 3 rings (SSSR count). The molecule has 22 heavy (non-hydrogen) atoms. The van der Waals surface area contributed by atoms with Gasteiger partial charge in [0.1, 0.15) is 17.1 Å². The number of pyridine rings is 1. The molecule has 2 heterocycles. The van der Waals surface area contributed by atoms with Crippen LogP contribution in [-0.4, -0.2) is 24.2 Å². The highest BCUT2D eigenvalue weighted by Gasteiger charge is 2.22. The molecule has 0 aliphatic carbocycles. The standard InChI is InChI=1S/C16H15ClF2N2O/c17-16-10-12(3-6-20-16)21-7-4-13(5-8-21)22-15-2-1-11(18)9-14(15)19/h1-3,6,9-10,13H,4-5,7-8H2. The molecule has 0 N–H and O–H groups in total. The number of piperidine rings is 1. The predicted octanol–water partition coefficient (Wildman–Crippen LogP) is 4.06. The average Bonchev–Trinajstić information content (AvgIpc) is 2.51. The first-order chi connectivity index (χ1) is 10.6. The molecule has 2 aromatic rings. The van der Waals surface area contributed by atoms with E-state index in [0.717, 1.165) is 37.7 Å². The number of anilines is 1. The van der Waals surface area contributed by atoms with Crippen molar-refractivity contribution < 1.29 is 13.5 Å². The van der Waals surface area contributed by atoms with E-state index in [9.17, 15) is 8.78 Å². The fourth-order valence-corrected chi connectivity index (χ4v) is 2.74. The van der Waals surface area contributed by atoms with Crippen molar-refractivity contribution in [3.63, 3.8) is 0 Å². The molecule has 1 aliphatic rings. The first-order valence-corrected chi connectivity index (χ1v) is 7.48. The quantitative estimate of drug-likeness (QED) is 0.796. The minimum absolute atomic E-state index is 0.0754. The molecule has 0 radical (unpaired) electrons. The van der Waals surface area contributed by atoms with E-state index >= 15 is 0 Å². The van der Waals surface area contributed by atoms with Gasteiger partial charge in [0.25, 0.3) is 0 Å². The van der Waals surface area contributed by atoms with Gasteiger partial charge in [-0.05, 0) is 24.3 Å². The Labute approximate surface area is 132 Å². The van der Waals surface area contributed by atoms with Crippen LogP contribution < -0.4 is 9.64 Å². The largest absolute Gasteiger partial charge is 0.487 e. The van der Waals surface area contributed by atoms with E-state index in [2.05, 4.69) is 9.88 Å². The second kappa shape index (κ2) is 6.48. The van der Waals surface area contributed by atoms with E-state index in [0.29, 0.717) is 5.15 Å². The normalized spacial score (nSPS) is 15.9. The second-order valence-corrected chi connectivity index (χ2v) is 5.60. The molecule has 3 nitrogen and oxygen atoms in total. The maximum atomic E-state index is 13.6. The summed E-state index contributed by atoms with van der Waals surface area (Å²) in [4.78, 5) is 6.15. The van der Waals surface area contributed by atoms with Crippen LogP contribution >= 0.6 is 11.6 Å². The fraction of sp³-hybridized carbons (Fsp3) is 0.312. The van der Waals surface area contributed by atoms with Gasteiger partial charge in [0.15, 0.2) is 11.6 Å². The van der Waals surface area contributed by atoms with Crippen LogP contribution in [0.15, 0.2) is 36.5 Å². The van der Waals surface area contributed by atoms with Crippen LogP contribution in [0, 0.1) is 11.6 Å². The number of nitrogens with zero attached hydrogens (tertiary/aromatic N) is 2. The summed E-state index contributed by atoms with van der Waals surface area (Å²) in [5, 5.41) is 0.462. The van der Waals surface area contributed by atoms with Gasteiger partial charge in [0.05, 0.1) is 0 Å². The number of rotatable bonds is 3. The molecular weight excluding hydrogens is 310 g/mol. The lowest BCUT2D eigenvalue weighted by Crippen LogP contribution is -2.38. The van der Waals surface area contributed by atoms with Crippen molar-refractivity contribution in [1.29, 1.82) is 0 Å². The smallest absolute Gasteiger partial charge is 0.167 e. The topological polar surface area (TPSA) is 25.4 Å². The number of aromatic nitrogens is 1. The number of benzene rings is 1. The number of hydrogen-bond donors (Lipinski definition) is 0. The lowest BCUT2D eigenvalue weighted by molar-refractivity contribution is 0.163. The highest BCUT2D eigenvalue weighted by molar-refractivity contribution is 6.29. The van der Waals surface area contributed by atoms with E-state index in [1.54, 1.807) is 6.20 Å². The third-order valence-corrected chi connectivity index (χ3v) is 3.91. The minimum Gasteiger partial charge on any atom is -0.487 e. The monoisotopic (exact) mass is 324 g/mol. The van der Waals surface area contributed by atoms with E-state index in [-0.39, 0.29) is 11.9 Å². The molecule has 6 heteroatoms. The Morgan fingerprint density at radius 3 is 2.59 bits per heavy atom. The first kappa shape index (κ1) is 15.0. The lowest BCUT2D eigenvalue weighted by atomic mass is 10.1. The molecular formula is C16H15ClF2N2O. The summed E-state index contributed by atoms with van der Waals surface area (Å²) in [6.07, 6.45) is 3.12. The molecule has 0 atom stereocenters. The van der Waals surface area contributed by atoms with Crippen LogP contribution in [0.2, 0.25) is 5.15 Å². The maximum absolute atomic E-state index is 13.6. The Kier molecular flexibility index (Phi) is 4.43. The summed E-state index contributed by atoms with van der Waals surface area (Å²) in [6.45, 7) is 1.57. The van der Waals surface area contributed by atoms with E-state index in [4.69, 9.17) is 16.3 Å². The van der Waals surface area contributed by atoms with Crippen molar-refractivity contribution in [3.8, 4) is 5.75 Å². The molecule has 1 aromatic carbocycles. The van der Waals surface area contributed by atoms with E-state index in [1.165, 1.54) is 12.1 Å². The van der Waals surface area contributed by atoms with Crippen molar-refractivity contribution >= 4 is 17.3 Å². The molecule has 1 aliphatic heterocycles. The van der Waals surface area contributed by atoms with Crippen LogP contribution in [0.25, 0.3) is 0 Å². The van der Waals surface area contributed by atoms with E-state index < -0.39 is 11.6 Å². The van der Waals surface area contributed by atoms with Crippen molar-refractivity contribution in [3.05, 3.63) is 53.3 Å². The van der Waals surface area contributed by atoms with Crippen LogP contribution in [0.4, 0.5) is 14.5 Å². The predicted molar refractivity (Wildman–Crippen MR) is 81.5 cm³/mol. The SMILES string of the molecule is Fc1ccc(OC2CCN(c3ccnc(Cl)c3)CC2)c(F)c1. The van der Waals surface area contributed by atoms with Crippen LogP contribution in [-0.2, 0) is 0 Å². The molecule has 0 saturated carbocycles. The molecule has 116 valence electrons. The van der Waals surface area contributed by atoms with Gasteiger partial charge < -0.3 is 9.64 Å². The third-order valence-electron chi connectivity index (χ3n) is 3.70. The second-order valence-electron chi connectivity index (χ2n) is 5.22. The molecule has 0 bridgehead atoms. The Balaban J connectivity index is 1.60. The summed E-state index contributed by atoms with van der Waals surface area (Å²) in [5.74, 6) is -1.16. The third kappa shape index (κ3) is 3.47. The van der Waals surface area contributed by atoms with Crippen LogP contribution in [0.5, 0.6) is 5.75 Å². The van der Waals surface area contributed by atoms with Gasteiger partial charge in [-0.3, -0.25) is 0 Å². The molecule has 1 aromatic heterocycles. The maximum Gasteiger partial charge on any atom is 0.167 e.